The minimum absolute atomic E-state index is 0.117. The predicted octanol–water partition coefficient (Wildman–Crippen LogP) is 3.60. The summed E-state index contributed by atoms with van der Waals surface area (Å²) < 4.78 is 5.74. The van der Waals surface area contributed by atoms with Gasteiger partial charge in [0, 0.05) is 25.1 Å². The molecule has 2 saturated heterocycles. The quantitative estimate of drug-likeness (QED) is 0.752. The van der Waals surface area contributed by atoms with Crippen LogP contribution in [0.25, 0.3) is 21.2 Å². The minimum atomic E-state index is -0.117. The number of carbonyl (C=O) groups is 1. The number of thiazole rings is 1. The molecule has 2 aromatic heterocycles. The van der Waals surface area contributed by atoms with Gasteiger partial charge < -0.3 is 15.0 Å². The van der Waals surface area contributed by atoms with Crippen molar-refractivity contribution in [3.05, 3.63) is 35.5 Å². The van der Waals surface area contributed by atoms with Gasteiger partial charge in [0.25, 0.3) is 0 Å². The van der Waals surface area contributed by atoms with Crippen LogP contribution in [0.3, 0.4) is 0 Å². The number of morpholine rings is 1. The summed E-state index contributed by atoms with van der Waals surface area (Å²) in [5, 5.41) is 6.06. The fourth-order valence-corrected chi connectivity index (χ4v) is 4.78. The smallest absolute Gasteiger partial charge is 0.222 e. The van der Waals surface area contributed by atoms with E-state index in [1.807, 2.05) is 19.2 Å². The van der Waals surface area contributed by atoms with Crippen molar-refractivity contribution in [1.29, 1.82) is 0 Å². The molecule has 0 radical (unpaired) electrons. The second kappa shape index (κ2) is 6.28. The molecule has 2 fully saturated rings. The summed E-state index contributed by atoms with van der Waals surface area (Å²) in [6.45, 7) is 5.12. The zero-order chi connectivity index (χ0) is 18.5. The molecule has 0 saturated carbocycles. The Labute approximate surface area is 161 Å². The molecule has 4 heterocycles. The number of benzene rings is 1. The first-order chi connectivity index (χ1) is 13.1. The molecule has 3 aromatic rings. The molecular formula is C20H20N4O2S. The van der Waals surface area contributed by atoms with E-state index in [9.17, 15) is 4.79 Å². The normalized spacial score (nSPS) is 21.2. The average molecular weight is 380 g/mol. The van der Waals surface area contributed by atoms with E-state index in [-0.39, 0.29) is 12.0 Å². The van der Waals surface area contributed by atoms with Gasteiger partial charge in [-0.2, -0.15) is 0 Å². The highest BCUT2D eigenvalue weighted by atomic mass is 32.1. The number of anilines is 2. The Morgan fingerprint density at radius 3 is 2.93 bits per heavy atom. The van der Waals surface area contributed by atoms with Gasteiger partial charge in [0.05, 0.1) is 28.6 Å². The van der Waals surface area contributed by atoms with E-state index in [1.54, 1.807) is 11.3 Å². The van der Waals surface area contributed by atoms with Crippen molar-refractivity contribution in [2.24, 2.45) is 0 Å². The monoisotopic (exact) mass is 380 g/mol. The number of carbonyl (C=O) groups excluding carboxylic acids is 1. The first kappa shape index (κ1) is 16.6. The van der Waals surface area contributed by atoms with Gasteiger partial charge in [-0.05, 0) is 36.4 Å². The third kappa shape index (κ3) is 2.96. The molecule has 1 aromatic carbocycles. The molecule has 7 heteroatoms. The molecule has 0 aliphatic carbocycles. The molecule has 138 valence electrons. The van der Waals surface area contributed by atoms with Crippen LogP contribution in [0.4, 0.5) is 11.6 Å². The minimum Gasteiger partial charge on any atom is -0.374 e. The Morgan fingerprint density at radius 1 is 1.37 bits per heavy atom. The SMILES string of the molecule is CC(=O)Nc1cc2cc(-c3cnc(C)s3)ccc2c(N2C[C@H]3C[C@@H]2CO3)n1. The van der Waals surface area contributed by atoms with Crippen LogP contribution in [0.5, 0.6) is 0 Å². The van der Waals surface area contributed by atoms with Crippen molar-refractivity contribution in [1.82, 2.24) is 9.97 Å². The summed E-state index contributed by atoms with van der Waals surface area (Å²) in [6, 6.07) is 8.73. The highest BCUT2D eigenvalue weighted by Crippen LogP contribution is 2.38. The summed E-state index contributed by atoms with van der Waals surface area (Å²) in [7, 11) is 0. The van der Waals surface area contributed by atoms with Gasteiger partial charge >= 0.3 is 0 Å². The Morgan fingerprint density at radius 2 is 2.26 bits per heavy atom. The molecule has 2 atom stereocenters. The average Bonchev–Trinajstić information content (AvgIpc) is 3.36. The number of aryl methyl sites for hydroxylation is 1. The van der Waals surface area contributed by atoms with E-state index in [1.165, 1.54) is 6.92 Å². The highest BCUT2D eigenvalue weighted by Gasteiger charge is 2.40. The van der Waals surface area contributed by atoms with E-state index < -0.39 is 0 Å². The Balaban J connectivity index is 1.64. The van der Waals surface area contributed by atoms with Crippen LogP contribution in [-0.2, 0) is 9.53 Å². The number of hydrogen-bond donors (Lipinski definition) is 1. The van der Waals surface area contributed by atoms with E-state index in [0.29, 0.717) is 11.9 Å². The molecule has 6 nitrogen and oxygen atoms in total. The molecule has 0 spiro atoms. The summed E-state index contributed by atoms with van der Waals surface area (Å²) >= 11 is 1.68. The lowest BCUT2D eigenvalue weighted by Crippen LogP contribution is -2.37. The second-order valence-electron chi connectivity index (χ2n) is 7.19. The van der Waals surface area contributed by atoms with Gasteiger partial charge in [0.1, 0.15) is 11.6 Å². The maximum atomic E-state index is 11.6. The lowest BCUT2D eigenvalue weighted by Gasteiger charge is -2.29. The number of hydrogen-bond acceptors (Lipinski definition) is 6. The van der Waals surface area contributed by atoms with E-state index in [4.69, 9.17) is 9.72 Å². The van der Waals surface area contributed by atoms with Crippen LogP contribution in [0, 0.1) is 6.92 Å². The van der Waals surface area contributed by atoms with Crippen LogP contribution in [0.15, 0.2) is 30.5 Å². The molecular weight excluding hydrogens is 360 g/mol. The van der Waals surface area contributed by atoms with E-state index in [2.05, 4.69) is 33.4 Å². The third-order valence-electron chi connectivity index (χ3n) is 5.19. The summed E-state index contributed by atoms with van der Waals surface area (Å²) in [5.74, 6) is 1.40. The molecule has 2 aliphatic rings. The second-order valence-corrected chi connectivity index (χ2v) is 8.42. The van der Waals surface area contributed by atoms with Gasteiger partial charge in [-0.1, -0.05) is 12.1 Å². The maximum Gasteiger partial charge on any atom is 0.222 e. The summed E-state index contributed by atoms with van der Waals surface area (Å²) in [4.78, 5) is 24.2. The van der Waals surface area contributed by atoms with Crippen LogP contribution in [0.2, 0.25) is 0 Å². The number of fused-ring (bicyclic) bond motifs is 3. The molecule has 5 rings (SSSR count). The van der Waals surface area contributed by atoms with Gasteiger partial charge in [-0.15, -0.1) is 11.3 Å². The fraction of sp³-hybridized carbons (Fsp3) is 0.350. The van der Waals surface area contributed by atoms with E-state index >= 15 is 0 Å². The molecule has 1 amide bonds. The Bertz CT molecular complexity index is 1050. The third-order valence-corrected chi connectivity index (χ3v) is 6.16. The number of pyridine rings is 1. The number of rotatable bonds is 3. The largest absolute Gasteiger partial charge is 0.374 e. The van der Waals surface area contributed by atoms with Gasteiger partial charge in [-0.25, -0.2) is 9.97 Å². The van der Waals surface area contributed by atoms with Crippen molar-refractivity contribution in [3.8, 4) is 10.4 Å². The van der Waals surface area contributed by atoms with Gasteiger partial charge in [0.15, 0.2) is 0 Å². The standard InChI is InChI=1S/C20H20N4O2S/c1-11(25)22-19-6-14-5-13(18-8-21-12(2)27-18)3-4-17(14)20(23-19)24-9-16-7-15(24)10-26-16/h3-6,8,15-16H,7,9-10H2,1-2H3,(H,22,23,25)/t15-,16-/m1/s1. The topological polar surface area (TPSA) is 67.4 Å². The van der Waals surface area contributed by atoms with Gasteiger partial charge in [0.2, 0.25) is 5.91 Å². The summed E-state index contributed by atoms with van der Waals surface area (Å²) in [5.41, 5.74) is 1.13. The van der Waals surface area contributed by atoms with Crippen molar-refractivity contribution in [3.63, 3.8) is 0 Å². The molecule has 1 N–H and O–H groups in total. The lowest BCUT2D eigenvalue weighted by molar-refractivity contribution is -0.114. The predicted molar refractivity (Wildman–Crippen MR) is 107 cm³/mol. The molecule has 0 unspecified atom stereocenters. The Hall–Kier alpha value is -2.51. The number of nitrogens with one attached hydrogen (secondary N) is 1. The maximum absolute atomic E-state index is 11.6. The van der Waals surface area contributed by atoms with Crippen LogP contribution >= 0.6 is 11.3 Å². The van der Waals surface area contributed by atoms with Crippen LogP contribution < -0.4 is 10.2 Å². The van der Waals surface area contributed by atoms with Crippen molar-refractivity contribution in [2.45, 2.75) is 32.4 Å². The number of aromatic nitrogens is 2. The van der Waals surface area contributed by atoms with Crippen molar-refractivity contribution < 1.29 is 9.53 Å². The Kier molecular flexibility index (Phi) is 3.87. The lowest BCUT2D eigenvalue weighted by atomic mass is 10.1. The molecule has 27 heavy (non-hydrogen) atoms. The fourth-order valence-electron chi connectivity index (χ4n) is 4.01. The van der Waals surface area contributed by atoms with Crippen LogP contribution in [-0.4, -0.2) is 41.2 Å². The zero-order valence-corrected chi connectivity index (χ0v) is 16.0. The van der Waals surface area contributed by atoms with Crippen molar-refractivity contribution >= 4 is 39.7 Å². The number of ether oxygens (including phenoxy) is 1. The highest BCUT2D eigenvalue weighted by molar-refractivity contribution is 7.15. The zero-order valence-electron chi connectivity index (χ0n) is 15.2. The number of nitrogens with zero attached hydrogens (tertiary/aromatic N) is 3. The first-order valence-corrected chi connectivity index (χ1v) is 9.92. The number of amides is 1. The molecule has 2 bridgehead atoms. The van der Waals surface area contributed by atoms with Gasteiger partial charge in [-0.3, -0.25) is 4.79 Å². The van der Waals surface area contributed by atoms with Crippen LogP contribution in [0.1, 0.15) is 18.4 Å². The first-order valence-electron chi connectivity index (χ1n) is 9.10. The summed E-state index contributed by atoms with van der Waals surface area (Å²) in [6.07, 6.45) is 3.25. The van der Waals surface area contributed by atoms with E-state index in [0.717, 1.165) is 51.6 Å². The van der Waals surface area contributed by atoms with Crippen molar-refractivity contribution in [2.75, 3.05) is 23.4 Å². The molecule has 2 aliphatic heterocycles.